The SMILES string of the molecule is O=[Se]1N=C(c2ccc[se]2)c2ccccc21. The summed E-state index contributed by atoms with van der Waals surface area (Å²) in [6, 6.07) is 12.0. The van der Waals surface area contributed by atoms with E-state index in [-0.39, 0.29) is 0 Å². The Bertz CT molecular complexity index is 558. The zero-order chi connectivity index (χ0) is 10.3. The molecular formula is C11H7NOSe2. The molecule has 0 bridgehead atoms. The molecule has 0 N–H and O–H groups in total. The van der Waals surface area contributed by atoms with Gasteiger partial charge in [0, 0.05) is 0 Å². The predicted molar refractivity (Wildman–Crippen MR) is 61.5 cm³/mol. The van der Waals surface area contributed by atoms with Crippen molar-refractivity contribution in [3.63, 3.8) is 0 Å². The van der Waals surface area contributed by atoms with Crippen molar-refractivity contribution in [2.24, 2.45) is 4.01 Å². The average Bonchev–Trinajstić information content (AvgIpc) is 2.87. The maximum absolute atomic E-state index is 11.8. The van der Waals surface area contributed by atoms with Gasteiger partial charge in [0.15, 0.2) is 0 Å². The molecule has 2 heterocycles. The maximum atomic E-state index is 11.8. The van der Waals surface area contributed by atoms with Crippen molar-refractivity contribution in [3.8, 4) is 0 Å². The van der Waals surface area contributed by atoms with E-state index in [1.807, 2.05) is 24.3 Å². The molecular weight excluding hydrogens is 320 g/mol. The predicted octanol–water partition coefficient (Wildman–Crippen LogP) is 0.720. The summed E-state index contributed by atoms with van der Waals surface area (Å²) in [7, 11) is 0. The standard InChI is InChI=1S/C11H7NOSe2/c13-15-10-6-2-1-4-8(10)11(12-15)9-5-3-7-14-9/h1-7H. The van der Waals surface area contributed by atoms with Crippen LogP contribution in [0.25, 0.3) is 0 Å². The van der Waals surface area contributed by atoms with Crippen LogP contribution in [0.1, 0.15) is 10.0 Å². The molecule has 3 rings (SSSR count). The van der Waals surface area contributed by atoms with Crippen LogP contribution in [0.3, 0.4) is 0 Å². The molecule has 2 nitrogen and oxygen atoms in total. The number of hydrogen-bond donors (Lipinski definition) is 0. The Hall–Kier alpha value is -0.791. The van der Waals surface area contributed by atoms with Crippen LogP contribution in [0.2, 0.25) is 0 Å². The Kier molecular flexibility index (Phi) is 2.30. The molecule has 0 saturated carbocycles. The van der Waals surface area contributed by atoms with E-state index < -0.39 is 14.1 Å². The monoisotopic (exact) mass is 329 g/mol. The van der Waals surface area contributed by atoms with E-state index >= 15 is 0 Å². The molecule has 0 fully saturated rings. The van der Waals surface area contributed by atoms with E-state index in [1.54, 1.807) is 0 Å². The van der Waals surface area contributed by atoms with Crippen LogP contribution in [0.5, 0.6) is 0 Å². The molecule has 4 heteroatoms. The fourth-order valence-corrected chi connectivity index (χ4v) is 5.52. The van der Waals surface area contributed by atoms with E-state index in [4.69, 9.17) is 0 Å². The molecule has 2 aromatic rings. The number of fused-ring (bicyclic) bond motifs is 1. The Morgan fingerprint density at radius 3 is 2.80 bits per heavy atom. The van der Waals surface area contributed by atoms with Crippen LogP contribution in [-0.2, 0) is 3.83 Å². The fraction of sp³-hybridized carbons (Fsp3) is 0. The van der Waals surface area contributed by atoms with Crippen molar-refractivity contribution in [1.82, 2.24) is 0 Å². The first kappa shape index (κ1) is 9.44. The normalized spacial score (nSPS) is 18.7. The van der Waals surface area contributed by atoms with E-state index in [2.05, 4.69) is 21.1 Å². The van der Waals surface area contributed by atoms with Gasteiger partial charge in [0.2, 0.25) is 0 Å². The number of hydrogen-bond acceptors (Lipinski definition) is 1. The molecule has 1 aliphatic heterocycles. The van der Waals surface area contributed by atoms with Crippen LogP contribution in [0.15, 0.2) is 45.3 Å². The van der Waals surface area contributed by atoms with Crippen LogP contribution in [-0.4, -0.2) is 34.3 Å². The van der Waals surface area contributed by atoms with E-state index in [0.29, 0.717) is 14.5 Å². The molecule has 74 valence electrons. The van der Waals surface area contributed by atoms with E-state index in [9.17, 15) is 3.83 Å². The molecule has 1 atom stereocenters. The molecule has 1 unspecified atom stereocenters. The number of benzene rings is 1. The van der Waals surface area contributed by atoms with Gasteiger partial charge in [0.1, 0.15) is 0 Å². The number of nitrogens with zero attached hydrogens (tertiary/aromatic N) is 1. The molecule has 1 aromatic heterocycles. The molecule has 0 radical (unpaired) electrons. The first-order valence-electron chi connectivity index (χ1n) is 4.50. The summed E-state index contributed by atoms with van der Waals surface area (Å²) in [6.45, 7) is 0. The first-order valence-corrected chi connectivity index (χ1v) is 8.67. The molecule has 15 heavy (non-hydrogen) atoms. The summed E-state index contributed by atoms with van der Waals surface area (Å²) in [5.74, 6) is 0. The van der Waals surface area contributed by atoms with E-state index in [0.717, 1.165) is 15.7 Å². The first-order chi connectivity index (χ1) is 7.36. The topological polar surface area (TPSA) is 29.4 Å². The van der Waals surface area contributed by atoms with Gasteiger partial charge < -0.3 is 0 Å². The second-order valence-electron chi connectivity index (χ2n) is 3.16. The Morgan fingerprint density at radius 1 is 1.13 bits per heavy atom. The zero-order valence-corrected chi connectivity index (χ0v) is 11.1. The van der Waals surface area contributed by atoms with Gasteiger partial charge in [0.05, 0.1) is 0 Å². The van der Waals surface area contributed by atoms with Crippen molar-refractivity contribution < 1.29 is 3.83 Å². The number of rotatable bonds is 1. The summed E-state index contributed by atoms with van der Waals surface area (Å²) in [5.41, 5.74) is 2.05. The van der Waals surface area contributed by atoms with Crippen molar-refractivity contribution >= 4 is 38.7 Å². The summed E-state index contributed by atoms with van der Waals surface area (Å²) in [5, 5.41) is 0. The second-order valence-corrected chi connectivity index (χ2v) is 7.50. The van der Waals surface area contributed by atoms with Crippen molar-refractivity contribution in [2.45, 2.75) is 0 Å². The third-order valence-electron chi connectivity index (χ3n) is 2.26. The van der Waals surface area contributed by atoms with Gasteiger partial charge in [0.25, 0.3) is 0 Å². The molecule has 0 amide bonds. The summed E-state index contributed by atoms with van der Waals surface area (Å²) in [4.78, 5) is 2.16. The molecule has 0 aliphatic carbocycles. The van der Waals surface area contributed by atoms with Crippen LogP contribution < -0.4 is 4.46 Å². The molecule has 0 spiro atoms. The van der Waals surface area contributed by atoms with Gasteiger partial charge >= 0.3 is 97.9 Å². The summed E-state index contributed by atoms with van der Waals surface area (Å²) >= 11 is -1.78. The summed E-state index contributed by atoms with van der Waals surface area (Å²) < 4.78 is 18.3. The minimum absolute atomic E-state index is 0.363. The average molecular weight is 327 g/mol. The molecule has 1 aromatic carbocycles. The van der Waals surface area contributed by atoms with Crippen LogP contribution in [0.4, 0.5) is 0 Å². The zero-order valence-electron chi connectivity index (χ0n) is 7.71. The molecule has 0 saturated heterocycles. The van der Waals surface area contributed by atoms with Gasteiger partial charge in [-0.2, -0.15) is 0 Å². The van der Waals surface area contributed by atoms with Gasteiger partial charge in [-0.05, 0) is 0 Å². The van der Waals surface area contributed by atoms with E-state index in [1.165, 1.54) is 4.44 Å². The van der Waals surface area contributed by atoms with Gasteiger partial charge in [-0.3, -0.25) is 0 Å². The Labute approximate surface area is 97.7 Å². The van der Waals surface area contributed by atoms with Crippen LogP contribution >= 0.6 is 0 Å². The van der Waals surface area contributed by atoms with Gasteiger partial charge in [-0.1, -0.05) is 0 Å². The van der Waals surface area contributed by atoms with Crippen molar-refractivity contribution in [2.75, 3.05) is 0 Å². The minimum atomic E-state index is -2.15. The Balaban J connectivity index is 2.22. The van der Waals surface area contributed by atoms with Gasteiger partial charge in [-0.15, -0.1) is 0 Å². The third kappa shape index (κ3) is 1.50. The fourth-order valence-electron chi connectivity index (χ4n) is 1.59. The summed E-state index contributed by atoms with van der Waals surface area (Å²) in [6.07, 6.45) is 0. The van der Waals surface area contributed by atoms with Crippen molar-refractivity contribution in [1.29, 1.82) is 0 Å². The quantitative estimate of drug-likeness (QED) is 0.710. The van der Waals surface area contributed by atoms with Crippen LogP contribution in [0, 0.1) is 0 Å². The molecule has 1 aliphatic rings. The van der Waals surface area contributed by atoms with Crippen molar-refractivity contribution in [3.05, 3.63) is 51.3 Å². The Morgan fingerprint density at radius 2 is 2.00 bits per heavy atom. The van der Waals surface area contributed by atoms with Gasteiger partial charge in [-0.25, -0.2) is 0 Å². The third-order valence-corrected chi connectivity index (χ3v) is 6.37. The second kappa shape index (κ2) is 3.66.